The lowest BCUT2D eigenvalue weighted by atomic mass is 10.1. The fraction of sp³-hybridized carbons (Fsp3) is 0.240. The summed E-state index contributed by atoms with van der Waals surface area (Å²) in [6.07, 6.45) is -2.57. The van der Waals surface area contributed by atoms with E-state index in [1.165, 1.54) is 12.1 Å². The van der Waals surface area contributed by atoms with Crippen LogP contribution in [0.25, 0.3) is 16.7 Å². The van der Waals surface area contributed by atoms with Crippen LogP contribution in [-0.2, 0) is 6.18 Å². The van der Waals surface area contributed by atoms with Crippen molar-refractivity contribution < 1.29 is 18.0 Å². The number of nitrogens with one attached hydrogen (secondary N) is 1. The van der Waals surface area contributed by atoms with Crippen LogP contribution in [0.2, 0.25) is 5.02 Å². The number of nitrogens with zero attached hydrogens (tertiary/aromatic N) is 3. The molecule has 2 heterocycles. The van der Waals surface area contributed by atoms with Crippen molar-refractivity contribution >= 4 is 34.2 Å². The maximum atomic E-state index is 13.3. The number of alkyl halides is 3. The molecule has 2 aromatic carbocycles. The number of aryl methyl sites for hydroxylation is 1. The lowest BCUT2D eigenvalue weighted by molar-refractivity contribution is -0.137. The molecule has 0 atom stereocenters. The predicted molar refractivity (Wildman–Crippen MR) is 125 cm³/mol. The molecular formula is C25H20ClF3N4O. The van der Waals surface area contributed by atoms with Gasteiger partial charge in [0.25, 0.3) is 5.91 Å². The average molecular weight is 485 g/mol. The zero-order chi connectivity index (χ0) is 24.2. The fourth-order valence-electron chi connectivity index (χ4n) is 4.04. The summed E-state index contributed by atoms with van der Waals surface area (Å²) in [5.41, 5.74) is 2.99. The van der Waals surface area contributed by atoms with E-state index < -0.39 is 17.6 Å². The molecule has 5 nitrogen and oxygen atoms in total. The summed E-state index contributed by atoms with van der Waals surface area (Å²) in [5.74, 6) is -0.271. The van der Waals surface area contributed by atoms with Crippen LogP contribution in [0.15, 0.2) is 48.5 Å². The number of hydrogen-bond acceptors (Lipinski definition) is 3. The molecule has 1 aliphatic rings. The van der Waals surface area contributed by atoms with Crippen molar-refractivity contribution in [3.8, 4) is 5.69 Å². The minimum Gasteiger partial charge on any atom is -0.322 e. The molecule has 0 radical (unpaired) electrons. The van der Waals surface area contributed by atoms with Crippen LogP contribution in [0.5, 0.6) is 0 Å². The molecule has 174 valence electrons. The third kappa shape index (κ3) is 4.03. The van der Waals surface area contributed by atoms with Gasteiger partial charge in [0.05, 0.1) is 27.9 Å². The number of halogens is 4. The van der Waals surface area contributed by atoms with E-state index in [0.29, 0.717) is 27.3 Å². The summed E-state index contributed by atoms with van der Waals surface area (Å²) >= 11 is 6.32. The molecule has 0 spiro atoms. The van der Waals surface area contributed by atoms with E-state index in [2.05, 4.69) is 10.4 Å². The largest absolute Gasteiger partial charge is 0.416 e. The van der Waals surface area contributed by atoms with Crippen LogP contribution in [0.4, 0.5) is 18.9 Å². The highest BCUT2D eigenvalue weighted by Crippen LogP contribution is 2.41. The second kappa shape index (κ2) is 8.13. The van der Waals surface area contributed by atoms with E-state index in [9.17, 15) is 18.0 Å². The van der Waals surface area contributed by atoms with Crippen molar-refractivity contribution in [2.75, 3.05) is 5.32 Å². The quantitative estimate of drug-likeness (QED) is 0.345. The molecule has 0 aliphatic heterocycles. The molecular weight excluding hydrogens is 465 g/mol. The zero-order valence-electron chi connectivity index (χ0n) is 18.4. The summed E-state index contributed by atoms with van der Waals surface area (Å²) in [7, 11) is 0. The topological polar surface area (TPSA) is 59.8 Å². The van der Waals surface area contributed by atoms with Gasteiger partial charge >= 0.3 is 6.18 Å². The molecule has 0 unspecified atom stereocenters. The number of pyridine rings is 1. The predicted octanol–water partition coefficient (Wildman–Crippen LogP) is 6.84. The molecule has 34 heavy (non-hydrogen) atoms. The molecule has 0 bridgehead atoms. The van der Waals surface area contributed by atoms with Crippen molar-refractivity contribution in [1.82, 2.24) is 14.8 Å². The van der Waals surface area contributed by atoms with E-state index in [4.69, 9.17) is 16.6 Å². The van der Waals surface area contributed by atoms with Crippen LogP contribution in [-0.4, -0.2) is 20.7 Å². The van der Waals surface area contributed by atoms with Crippen LogP contribution in [0.1, 0.15) is 51.6 Å². The van der Waals surface area contributed by atoms with E-state index in [1.807, 2.05) is 19.1 Å². The van der Waals surface area contributed by atoms with Gasteiger partial charge in [0.1, 0.15) is 0 Å². The number of aromatic nitrogens is 3. The Kier molecular flexibility index (Phi) is 5.36. The van der Waals surface area contributed by atoms with Crippen LogP contribution >= 0.6 is 11.6 Å². The maximum Gasteiger partial charge on any atom is 0.416 e. The molecule has 1 amide bonds. The number of fused-ring (bicyclic) bond motifs is 1. The van der Waals surface area contributed by atoms with Gasteiger partial charge in [-0.3, -0.25) is 4.79 Å². The lowest BCUT2D eigenvalue weighted by Gasteiger charge is -2.12. The Labute approximate surface area is 198 Å². The summed E-state index contributed by atoms with van der Waals surface area (Å²) in [4.78, 5) is 18.2. The molecule has 1 N–H and O–H groups in total. The number of rotatable bonds is 4. The molecule has 9 heteroatoms. The molecule has 5 rings (SSSR count). The highest BCUT2D eigenvalue weighted by molar-refractivity contribution is 6.31. The summed E-state index contributed by atoms with van der Waals surface area (Å²) in [5, 5.41) is 8.40. The summed E-state index contributed by atoms with van der Waals surface area (Å²) in [6.45, 7) is 3.66. The third-order valence-electron chi connectivity index (χ3n) is 5.99. The highest BCUT2D eigenvalue weighted by atomic mass is 35.5. The smallest absolute Gasteiger partial charge is 0.322 e. The van der Waals surface area contributed by atoms with E-state index in [1.54, 1.807) is 23.7 Å². The Balaban J connectivity index is 1.64. The Morgan fingerprint density at radius 3 is 2.56 bits per heavy atom. The lowest BCUT2D eigenvalue weighted by Crippen LogP contribution is -2.15. The van der Waals surface area contributed by atoms with Gasteiger partial charge in [-0.15, -0.1) is 0 Å². The minimum absolute atomic E-state index is 0.0634. The van der Waals surface area contributed by atoms with Gasteiger partial charge in [-0.05, 0) is 68.7 Å². The van der Waals surface area contributed by atoms with E-state index in [-0.39, 0.29) is 11.6 Å². The molecule has 0 saturated heterocycles. The Morgan fingerprint density at radius 1 is 1.12 bits per heavy atom. The Morgan fingerprint density at radius 2 is 1.85 bits per heavy atom. The van der Waals surface area contributed by atoms with Crippen molar-refractivity contribution in [2.24, 2.45) is 0 Å². The number of hydrogen-bond donors (Lipinski definition) is 1. The number of amides is 1. The van der Waals surface area contributed by atoms with Gasteiger partial charge in [-0.1, -0.05) is 23.7 Å². The van der Waals surface area contributed by atoms with Crippen molar-refractivity contribution in [3.63, 3.8) is 0 Å². The first-order valence-corrected chi connectivity index (χ1v) is 11.2. The van der Waals surface area contributed by atoms with Crippen molar-refractivity contribution in [3.05, 3.63) is 81.6 Å². The third-order valence-corrected chi connectivity index (χ3v) is 6.40. The van der Waals surface area contributed by atoms with Crippen molar-refractivity contribution in [2.45, 2.75) is 38.8 Å². The molecule has 1 fully saturated rings. The SMILES string of the molecule is Cc1c(Cl)cccc1-n1nc(C)c2c(C(=O)Nc3cccc(C(F)(F)F)c3)cc(C3CC3)nc21. The highest BCUT2D eigenvalue weighted by Gasteiger charge is 2.31. The molecule has 4 aromatic rings. The Hall–Kier alpha value is -3.39. The molecule has 2 aromatic heterocycles. The maximum absolute atomic E-state index is 13.3. The second-order valence-corrected chi connectivity index (χ2v) is 8.89. The van der Waals surface area contributed by atoms with Gasteiger partial charge in [-0.2, -0.15) is 18.3 Å². The first-order valence-electron chi connectivity index (χ1n) is 10.8. The normalized spacial score (nSPS) is 13.9. The van der Waals surface area contributed by atoms with E-state index in [0.717, 1.165) is 41.9 Å². The summed E-state index contributed by atoms with van der Waals surface area (Å²) < 4.78 is 41.0. The average Bonchev–Trinajstić information content (AvgIpc) is 3.59. The summed E-state index contributed by atoms with van der Waals surface area (Å²) in [6, 6.07) is 11.8. The van der Waals surface area contributed by atoms with Gasteiger partial charge in [0.2, 0.25) is 0 Å². The minimum atomic E-state index is -4.50. The number of anilines is 1. The monoisotopic (exact) mass is 484 g/mol. The zero-order valence-corrected chi connectivity index (χ0v) is 19.1. The first kappa shape index (κ1) is 22.4. The van der Waals surface area contributed by atoms with Gasteiger partial charge in [-0.25, -0.2) is 9.67 Å². The van der Waals surface area contributed by atoms with Gasteiger partial charge in [0, 0.05) is 22.3 Å². The first-order chi connectivity index (χ1) is 16.1. The fourth-order valence-corrected chi connectivity index (χ4v) is 4.21. The van der Waals surface area contributed by atoms with E-state index >= 15 is 0 Å². The number of carbonyl (C=O) groups excluding carboxylic acids is 1. The standard InChI is InChI=1S/C25H20ClF3N4O/c1-13-19(26)7-4-8-21(13)33-23-22(14(2)32-33)18(12-20(31-23)15-9-10-15)24(34)30-17-6-3-5-16(11-17)25(27,28)29/h3-8,11-12,15H,9-10H2,1-2H3,(H,30,34). The van der Waals surface area contributed by atoms with Gasteiger partial charge in [0.15, 0.2) is 5.65 Å². The Bertz CT molecular complexity index is 1440. The van der Waals surface area contributed by atoms with Crippen LogP contribution < -0.4 is 5.32 Å². The van der Waals surface area contributed by atoms with Crippen LogP contribution in [0.3, 0.4) is 0 Å². The number of carbonyl (C=O) groups is 1. The molecule has 1 aliphatic carbocycles. The molecule has 1 saturated carbocycles. The number of benzene rings is 2. The van der Waals surface area contributed by atoms with Gasteiger partial charge < -0.3 is 5.32 Å². The second-order valence-electron chi connectivity index (χ2n) is 8.48. The van der Waals surface area contributed by atoms with Crippen molar-refractivity contribution in [1.29, 1.82) is 0 Å². The van der Waals surface area contributed by atoms with Crippen LogP contribution in [0, 0.1) is 13.8 Å².